The number of hydrogen-bond acceptors (Lipinski definition) is 2. The number of carbonyl (C=O) groups is 1. The molecule has 2 rings (SSSR count). The van der Waals surface area contributed by atoms with Crippen molar-refractivity contribution in [2.24, 2.45) is 0 Å². The lowest BCUT2D eigenvalue weighted by Gasteiger charge is -2.06. The third kappa shape index (κ3) is 3.51. The Kier molecular flexibility index (Phi) is 4.62. The largest absolute Gasteiger partial charge is 0.348 e. The second-order valence-electron chi connectivity index (χ2n) is 4.12. The Morgan fingerprint density at radius 3 is 2.65 bits per heavy atom. The predicted molar refractivity (Wildman–Crippen MR) is 78.8 cm³/mol. The van der Waals surface area contributed by atoms with Crippen LogP contribution in [-0.4, -0.2) is 5.91 Å². The predicted octanol–water partition coefficient (Wildman–Crippen LogP) is 3.80. The van der Waals surface area contributed by atoms with Crippen LogP contribution in [0.25, 0.3) is 0 Å². The van der Waals surface area contributed by atoms with Gasteiger partial charge in [0, 0.05) is 12.1 Å². The van der Waals surface area contributed by atoms with E-state index in [0.717, 1.165) is 5.56 Å². The lowest BCUT2D eigenvalue weighted by molar-refractivity contribution is 0.0951. The van der Waals surface area contributed by atoms with E-state index in [9.17, 15) is 4.79 Å². The second-order valence-corrected chi connectivity index (χ2v) is 4.94. The summed E-state index contributed by atoms with van der Waals surface area (Å²) in [6.07, 6.45) is 0. The van der Waals surface area contributed by atoms with E-state index < -0.39 is 0 Å². The van der Waals surface area contributed by atoms with Crippen LogP contribution in [0.3, 0.4) is 0 Å². The lowest BCUT2D eigenvalue weighted by atomic mass is 10.1. The third-order valence-corrected chi connectivity index (χ3v) is 3.43. The van der Waals surface area contributed by atoms with Crippen LogP contribution in [0.1, 0.15) is 21.5 Å². The molecule has 2 aromatic rings. The molecule has 0 saturated carbocycles. The molecule has 0 spiro atoms. The van der Waals surface area contributed by atoms with Gasteiger partial charge in [0.05, 0.1) is 21.7 Å². The summed E-state index contributed by atoms with van der Waals surface area (Å²) in [5, 5.41) is 12.3. The molecule has 5 heteroatoms. The number of nitrogens with zero attached hydrogens (tertiary/aromatic N) is 1. The molecular formula is C15H10Cl2N2O. The summed E-state index contributed by atoms with van der Waals surface area (Å²) in [4.78, 5) is 12.0. The number of halogens is 2. The van der Waals surface area contributed by atoms with E-state index in [-0.39, 0.29) is 5.91 Å². The van der Waals surface area contributed by atoms with Gasteiger partial charge < -0.3 is 5.32 Å². The van der Waals surface area contributed by atoms with Gasteiger partial charge in [-0.05, 0) is 35.9 Å². The van der Waals surface area contributed by atoms with Crippen molar-refractivity contribution in [2.75, 3.05) is 0 Å². The van der Waals surface area contributed by atoms with Crippen LogP contribution < -0.4 is 5.32 Å². The van der Waals surface area contributed by atoms with Crippen molar-refractivity contribution < 1.29 is 4.79 Å². The van der Waals surface area contributed by atoms with E-state index in [1.807, 2.05) is 6.07 Å². The van der Waals surface area contributed by atoms with Crippen LogP contribution in [0.2, 0.25) is 10.0 Å². The fourth-order valence-corrected chi connectivity index (χ4v) is 1.97. The maximum Gasteiger partial charge on any atom is 0.251 e. The van der Waals surface area contributed by atoms with Gasteiger partial charge in [-0.1, -0.05) is 35.3 Å². The molecule has 0 atom stereocenters. The summed E-state index contributed by atoms with van der Waals surface area (Å²) in [6, 6.07) is 13.8. The van der Waals surface area contributed by atoms with Crippen molar-refractivity contribution >= 4 is 29.1 Å². The lowest BCUT2D eigenvalue weighted by Crippen LogP contribution is -2.22. The SMILES string of the molecule is N#Cc1cccc(CNC(=O)c2ccc(Cl)c(Cl)c2)c1. The molecular weight excluding hydrogens is 295 g/mol. The zero-order valence-electron chi connectivity index (χ0n) is 10.4. The number of amides is 1. The monoisotopic (exact) mass is 304 g/mol. The Morgan fingerprint density at radius 2 is 1.95 bits per heavy atom. The molecule has 0 bridgehead atoms. The Balaban J connectivity index is 2.05. The van der Waals surface area contributed by atoms with Gasteiger partial charge in [-0.15, -0.1) is 0 Å². The number of benzene rings is 2. The first-order valence-electron chi connectivity index (χ1n) is 5.82. The average Bonchev–Trinajstić information content (AvgIpc) is 2.47. The molecule has 0 aliphatic rings. The number of rotatable bonds is 3. The van der Waals surface area contributed by atoms with E-state index in [4.69, 9.17) is 28.5 Å². The van der Waals surface area contributed by atoms with Gasteiger partial charge in [0.1, 0.15) is 0 Å². The highest BCUT2D eigenvalue weighted by molar-refractivity contribution is 6.42. The summed E-state index contributed by atoms with van der Waals surface area (Å²) in [6.45, 7) is 0.342. The number of nitriles is 1. The maximum absolute atomic E-state index is 12.0. The minimum atomic E-state index is -0.245. The van der Waals surface area contributed by atoms with Gasteiger partial charge >= 0.3 is 0 Å². The quantitative estimate of drug-likeness (QED) is 0.938. The number of hydrogen-bond donors (Lipinski definition) is 1. The van der Waals surface area contributed by atoms with Crippen molar-refractivity contribution in [2.45, 2.75) is 6.54 Å². The van der Waals surface area contributed by atoms with Gasteiger partial charge in [-0.2, -0.15) is 5.26 Å². The zero-order chi connectivity index (χ0) is 14.5. The van der Waals surface area contributed by atoms with Gasteiger partial charge in [0.25, 0.3) is 5.91 Å². The molecule has 1 amide bonds. The molecule has 0 aliphatic carbocycles. The highest BCUT2D eigenvalue weighted by Crippen LogP contribution is 2.22. The fourth-order valence-electron chi connectivity index (χ4n) is 1.67. The molecule has 3 nitrogen and oxygen atoms in total. The third-order valence-electron chi connectivity index (χ3n) is 2.69. The van der Waals surface area contributed by atoms with E-state index >= 15 is 0 Å². The molecule has 0 fully saturated rings. The minimum Gasteiger partial charge on any atom is -0.348 e. The molecule has 0 saturated heterocycles. The molecule has 0 unspecified atom stereocenters. The highest BCUT2D eigenvalue weighted by atomic mass is 35.5. The molecule has 0 radical (unpaired) electrons. The van der Waals surface area contributed by atoms with Crippen molar-refractivity contribution in [3.05, 3.63) is 69.2 Å². The summed E-state index contributed by atoms with van der Waals surface area (Å²) >= 11 is 11.7. The molecule has 0 aliphatic heterocycles. The molecule has 1 N–H and O–H groups in total. The standard InChI is InChI=1S/C15H10Cl2N2O/c16-13-5-4-12(7-14(13)17)15(20)19-9-11-3-1-2-10(6-11)8-18/h1-7H,9H2,(H,19,20). The van der Waals surface area contributed by atoms with Crippen molar-refractivity contribution in [3.63, 3.8) is 0 Å². The van der Waals surface area contributed by atoms with Crippen LogP contribution >= 0.6 is 23.2 Å². The number of nitrogens with one attached hydrogen (secondary N) is 1. The molecule has 100 valence electrons. The summed E-state index contributed by atoms with van der Waals surface area (Å²) < 4.78 is 0. The first-order chi connectivity index (χ1) is 9.60. The summed E-state index contributed by atoms with van der Waals surface area (Å²) in [5.74, 6) is -0.245. The van der Waals surface area contributed by atoms with Crippen LogP contribution in [0, 0.1) is 11.3 Å². The molecule has 0 heterocycles. The van der Waals surface area contributed by atoms with Crippen LogP contribution in [0.5, 0.6) is 0 Å². The van der Waals surface area contributed by atoms with E-state index in [2.05, 4.69) is 11.4 Å². The van der Waals surface area contributed by atoms with Crippen molar-refractivity contribution in [3.8, 4) is 6.07 Å². The van der Waals surface area contributed by atoms with E-state index in [1.54, 1.807) is 30.3 Å². The number of carbonyl (C=O) groups excluding carboxylic acids is 1. The van der Waals surface area contributed by atoms with E-state index in [0.29, 0.717) is 27.7 Å². The summed E-state index contributed by atoms with van der Waals surface area (Å²) in [7, 11) is 0. The topological polar surface area (TPSA) is 52.9 Å². The van der Waals surface area contributed by atoms with Gasteiger partial charge in [-0.25, -0.2) is 0 Å². The Morgan fingerprint density at radius 1 is 1.15 bits per heavy atom. The maximum atomic E-state index is 12.0. The van der Waals surface area contributed by atoms with Crippen LogP contribution in [0.4, 0.5) is 0 Å². The normalized spacial score (nSPS) is 9.85. The minimum absolute atomic E-state index is 0.245. The van der Waals surface area contributed by atoms with Crippen LogP contribution in [-0.2, 0) is 6.54 Å². The van der Waals surface area contributed by atoms with Crippen LogP contribution in [0.15, 0.2) is 42.5 Å². The average molecular weight is 305 g/mol. The van der Waals surface area contributed by atoms with Gasteiger partial charge in [0.2, 0.25) is 0 Å². The first kappa shape index (κ1) is 14.4. The highest BCUT2D eigenvalue weighted by Gasteiger charge is 2.07. The Labute approximate surface area is 126 Å². The van der Waals surface area contributed by atoms with Gasteiger partial charge in [-0.3, -0.25) is 4.79 Å². The smallest absolute Gasteiger partial charge is 0.251 e. The second kappa shape index (κ2) is 6.42. The Bertz CT molecular complexity index is 693. The first-order valence-corrected chi connectivity index (χ1v) is 6.58. The fraction of sp³-hybridized carbons (Fsp3) is 0.0667. The molecule has 2 aromatic carbocycles. The zero-order valence-corrected chi connectivity index (χ0v) is 11.9. The Hall–Kier alpha value is -2.02. The van der Waals surface area contributed by atoms with Crippen molar-refractivity contribution in [1.29, 1.82) is 5.26 Å². The molecule has 0 aromatic heterocycles. The summed E-state index contributed by atoms with van der Waals surface area (Å²) in [5.41, 5.74) is 1.86. The van der Waals surface area contributed by atoms with E-state index in [1.165, 1.54) is 6.07 Å². The molecule has 20 heavy (non-hydrogen) atoms. The van der Waals surface area contributed by atoms with Gasteiger partial charge in [0.15, 0.2) is 0 Å². The van der Waals surface area contributed by atoms with Crippen molar-refractivity contribution in [1.82, 2.24) is 5.32 Å².